The number of nitrogens with zero attached hydrogens (tertiary/aromatic N) is 4. The zero-order valence-electron chi connectivity index (χ0n) is 13.9. The van der Waals surface area contributed by atoms with E-state index in [4.69, 9.17) is 4.98 Å². The van der Waals surface area contributed by atoms with E-state index in [9.17, 15) is 9.90 Å². The van der Waals surface area contributed by atoms with Crippen molar-refractivity contribution in [2.75, 3.05) is 18.0 Å². The van der Waals surface area contributed by atoms with Gasteiger partial charge in [0.2, 0.25) is 0 Å². The number of imidazole rings is 1. The molecular weight excluding hydrogens is 316 g/mol. The Balaban J connectivity index is 1.63. The highest BCUT2D eigenvalue weighted by Crippen LogP contribution is 2.27. The second-order valence-electron chi connectivity index (χ2n) is 6.56. The third-order valence-electron chi connectivity index (χ3n) is 4.80. The predicted molar refractivity (Wildman–Crippen MR) is 95.9 cm³/mol. The number of rotatable bonds is 4. The average Bonchev–Trinajstić information content (AvgIpc) is 3.14. The summed E-state index contributed by atoms with van der Waals surface area (Å²) in [5.41, 5.74) is 1.05. The molecule has 1 atom stereocenters. The molecule has 1 aliphatic heterocycles. The summed E-state index contributed by atoms with van der Waals surface area (Å²) in [5, 5.41) is 10.3. The van der Waals surface area contributed by atoms with Crippen molar-refractivity contribution in [2.24, 2.45) is 5.92 Å². The molecule has 3 heterocycles. The monoisotopic (exact) mass is 336 g/mol. The van der Waals surface area contributed by atoms with Gasteiger partial charge in [0.25, 0.3) is 0 Å². The molecule has 0 unspecified atom stereocenters. The van der Waals surface area contributed by atoms with Gasteiger partial charge in [0.05, 0.1) is 17.4 Å². The number of hydrogen-bond donors (Lipinski definition) is 1. The Morgan fingerprint density at radius 1 is 1.32 bits per heavy atom. The molecule has 0 bridgehead atoms. The van der Waals surface area contributed by atoms with Gasteiger partial charge in [-0.05, 0) is 30.9 Å². The van der Waals surface area contributed by atoms with Crippen LogP contribution >= 0.6 is 0 Å². The van der Waals surface area contributed by atoms with E-state index < -0.39 is 5.97 Å². The third-order valence-corrected chi connectivity index (χ3v) is 4.80. The van der Waals surface area contributed by atoms with Crippen LogP contribution in [0.1, 0.15) is 23.2 Å². The number of pyridine rings is 1. The fourth-order valence-electron chi connectivity index (χ4n) is 3.62. The Morgan fingerprint density at radius 3 is 3.00 bits per heavy atom. The lowest BCUT2D eigenvalue weighted by Gasteiger charge is -2.34. The topological polar surface area (TPSA) is 71.2 Å². The minimum Gasteiger partial charge on any atom is -0.478 e. The molecule has 4 rings (SSSR count). The zero-order chi connectivity index (χ0) is 17.2. The smallest absolute Gasteiger partial charge is 0.336 e. The quantitative estimate of drug-likeness (QED) is 0.793. The molecule has 0 aliphatic carbocycles. The van der Waals surface area contributed by atoms with Gasteiger partial charge in [0.1, 0.15) is 5.82 Å². The summed E-state index contributed by atoms with van der Waals surface area (Å²) >= 11 is 0. The van der Waals surface area contributed by atoms with E-state index in [0.717, 1.165) is 43.8 Å². The van der Waals surface area contributed by atoms with Crippen LogP contribution in [0, 0.1) is 5.92 Å². The minimum atomic E-state index is -0.910. The Bertz CT molecular complexity index is 892. The molecule has 1 saturated heterocycles. The molecular formula is C19H20N4O2. The Hall–Kier alpha value is -2.89. The summed E-state index contributed by atoms with van der Waals surface area (Å²) in [4.78, 5) is 22.7. The molecule has 6 heteroatoms. The number of aromatic nitrogens is 3. The van der Waals surface area contributed by atoms with Crippen LogP contribution in [0.25, 0.3) is 10.9 Å². The maximum absolute atomic E-state index is 11.7. The van der Waals surface area contributed by atoms with Gasteiger partial charge < -0.3 is 14.6 Å². The van der Waals surface area contributed by atoms with Gasteiger partial charge in [0, 0.05) is 37.4 Å². The second kappa shape index (κ2) is 6.55. The second-order valence-corrected chi connectivity index (χ2v) is 6.56. The molecule has 3 aromatic rings. The molecule has 0 saturated carbocycles. The standard InChI is InChI=1S/C19H20N4O2/c24-19(25)16-10-18(21-17-6-2-1-5-15(16)17)23-8-3-4-14(12-23)11-22-9-7-20-13-22/h1-2,5-7,9-10,13-14H,3-4,8,11-12H2,(H,24,25)/t14-/m0/s1. The number of benzene rings is 1. The summed E-state index contributed by atoms with van der Waals surface area (Å²) in [6, 6.07) is 9.14. The van der Waals surface area contributed by atoms with Crippen molar-refractivity contribution < 1.29 is 9.90 Å². The van der Waals surface area contributed by atoms with E-state index in [-0.39, 0.29) is 0 Å². The molecule has 128 valence electrons. The Kier molecular flexibility index (Phi) is 4.09. The minimum absolute atomic E-state index is 0.317. The Morgan fingerprint density at radius 2 is 2.20 bits per heavy atom. The molecule has 1 aromatic carbocycles. The highest BCUT2D eigenvalue weighted by atomic mass is 16.4. The summed E-state index contributed by atoms with van der Waals surface area (Å²) in [7, 11) is 0. The molecule has 1 N–H and O–H groups in total. The van der Waals surface area contributed by atoms with Crippen molar-refractivity contribution in [2.45, 2.75) is 19.4 Å². The first-order valence-electron chi connectivity index (χ1n) is 8.54. The molecule has 1 aliphatic rings. The van der Waals surface area contributed by atoms with Crippen LogP contribution in [0.2, 0.25) is 0 Å². The fraction of sp³-hybridized carbons (Fsp3) is 0.316. The van der Waals surface area contributed by atoms with E-state index in [1.807, 2.05) is 36.8 Å². The normalized spacial score (nSPS) is 17.8. The summed E-state index contributed by atoms with van der Waals surface area (Å²) in [6.07, 6.45) is 7.86. The van der Waals surface area contributed by atoms with Crippen LogP contribution < -0.4 is 4.90 Å². The van der Waals surface area contributed by atoms with Gasteiger partial charge in [-0.2, -0.15) is 0 Å². The van der Waals surface area contributed by atoms with Crippen molar-refractivity contribution in [3.63, 3.8) is 0 Å². The van der Waals surface area contributed by atoms with Gasteiger partial charge in [-0.3, -0.25) is 0 Å². The molecule has 1 fully saturated rings. The maximum Gasteiger partial charge on any atom is 0.336 e. The molecule has 2 aromatic heterocycles. The SMILES string of the molecule is O=C(O)c1cc(N2CCC[C@@H](Cn3ccnc3)C2)nc2ccccc12. The van der Waals surface area contributed by atoms with E-state index >= 15 is 0 Å². The van der Waals surface area contributed by atoms with Gasteiger partial charge in [-0.15, -0.1) is 0 Å². The van der Waals surface area contributed by atoms with E-state index in [1.165, 1.54) is 0 Å². The van der Waals surface area contributed by atoms with E-state index in [0.29, 0.717) is 16.9 Å². The zero-order valence-corrected chi connectivity index (χ0v) is 13.9. The third kappa shape index (κ3) is 3.20. The van der Waals surface area contributed by atoms with Gasteiger partial charge >= 0.3 is 5.97 Å². The number of carboxylic acids is 1. The number of para-hydroxylation sites is 1. The molecule has 0 spiro atoms. The number of piperidine rings is 1. The van der Waals surface area contributed by atoms with E-state index in [2.05, 4.69) is 14.5 Å². The van der Waals surface area contributed by atoms with Gasteiger partial charge in [-0.1, -0.05) is 18.2 Å². The molecule has 6 nitrogen and oxygen atoms in total. The van der Waals surface area contributed by atoms with Crippen LogP contribution in [0.3, 0.4) is 0 Å². The van der Waals surface area contributed by atoms with Crippen LogP contribution in [-0.4, -0.2) is 38.7 Å². The summed E-state index contributed by atoms with van der Waals surface area (Å²) < 4.78 is 2.10. The molecule has 25 heavy (non-hydrogen) atoms. The van der Waals surface area contributed by atoms with Crippen molar-refractivity contribution >= 4 is 22.7 Å². The van der Waals surface area contributed by atoms with Crippen molar-refractivity contribution in [1.82, 2.24) is 14.5 Å². The number of hydrogen-bond acceptors (Lipinski definition) is 4. The number of aromatic carboxylic acids is 1. The maximum atomic E-state index is 11.7. The first kappa shape index (κ1) is 15.6. The number of anilines is 1. The van der Waals surface area contributed by atoms with Crippen molar-refractivity contribution in [3.8, 4) is 0 Å². The van der Waals surface area contributed by atoms with Gasteiger partial charge in [0.15, 0.2) is 0 Å². The average molecular weight is 336 g/mol. The lowest BCUT2D eigenvalue weighted by molar-refractivity contribution is 0.0699. The van der Waals surface area contributed by atoms with E-state index in [1.54, 1.807) is 12.3 Å². The number of carboxylic acid groups (broad SMARTS) is 1. The first-order chi connectivity index (χ1) is 12.2. The van der Waals surface area contributed by atoms with Crippen LogP contribution in [0.5, 0.6) is 0 Å². The lowest BCUT2D eigenvalue weighted by atomic mass is 9.97. The molecule has 0 radical (unpaired) electrons. The highest BCUT2D eigenvalue weighted by molar-refractivity contribution is 6.03. The summed E-state index contributed by atoms with van der Waals surface area (Å²) in [5.74, 6) is 0.350. The van der Waals surface area contributed by atoms with Crippen LogP contribution in [-0.2, 0) is 6.54 Å². The highest BCUT2D eigenvalue weighted by Gasteiger charge is 2.23. The van der Waals surface area contributed by atoms with Crippen LogP contribution in [0.4, 0.5) is 5.82 Å². The fourth-order valence-corrected chi connectivity index (χ4v) is 3.62. The first-order valence-corrected chi connectivity index (χ1v) is 8.54. The molecule has 0 amide bonds. The predicted octanol–water partition coefficient (Wildman–Crippen LogP) is 3.05. The number of carbonyl (C=O) groups is 1. The van der Waals surface area contributed by atoms with Crippen molar-refractivity contribution in [3.05, 3.63) is 54.6 Å². The number of fused-ring (bicyclic) bond motifs is 1. The largest absolute Gasteiger partial charge is 0.478 e. The lowest BCUT2D eigenvalue weighted by Crippen LogP contribution is -2.37. The van der Waals surface area contributed by atoms with Crippen molar-refractivity contribution in [1.29, 1.82) is 0 Å². The Labute approximate surface area is 145 Å². The van der Waals surface area contributed by atoms with Crippen LogP contribution in [0.15, 0.2) is 49.1 Å². The summed E-state index contributed by atoms with van der Waals surface area (Å²) in [6.45, 7) is 2.71. The van der Waals surface area contributed by atoms with Gasteiger partial charge in [-0.25, -0.2) is 14.8 Å².